The van der Waals surface area contributed by atoms with Crippen molar-refractivity contribution in [2.24, 2.45) is 0 Å². The van der Waals surface area contributed by atoms with E-state index in [4.69, 9.17) is 18.5 Å². The number of aliphatic hydroxyl groups excluding tert-OH is 5. The molecule has 6 N–H and O–H groups in total. The van der Waals surface area contributed by atoms with Crippen molar-refractivity contribution in [1.29, 1.82) is 0 Å². The first-order valence-electron chi connectivity index (χ1n) is 22.0. The van der Waals surface area contributed by atoms with E-state index >= 15 is 0 Å². The fraction of sp³-hybridized carbons (Fsp3) is 0.711. The number of hydrogen-bond acceptors (Lipinski definition) is 13. The van der Waals surface area contributed by atoms with Gasteiger partial charge in [0.05, 0.1) is 6.61 Å². The first-order valence-corrected chi connectivity index (χ1v) is 23.5. The summed E-state index contributed by atoms with van der Waals surface area (Å²) in [4.78, 5) is 47.4. The van der Waals surface area contributed by atoms with Gasteiger partial charge in [-0.3, -0.25) is 23.4 Å². The summed E-state index contributed by atoms with van der Waals surface area (Å²) in [6.45, 7) is 3.03. The Morgan fingerprint density at radius 3 is 1.70 bits per heavy atom. The molecule has 60 heavy (non-hydrogen) atoms. The van der Waals surface area contributed by atoms with E-state index in [1.807, 2.05) is 18.2 Å². The number of aliphatic hydroxyl groups is 5. The number of phosphoric acid groups is 1. The van der Waals surface area contributed by atoms with Gasteiger partial charge in [-0.05, 0) is 76.7 Å². The van der Waals surface area contributed by atoms with Gasteiger partial charge in [-0.1, -0.05) is 113 Å². The van der Waals surface area contributed by atoms with E-state index in [0.717, 1.165) is 77.0 Å². The second-order valence-corrected chi connectivity index (χ2v) is 16.6. The van der Waals surface area contributed by atoms with Gasteiger partial charge in [0.2, 0.25) is 0 Å². The number of phosphoric ester groups is 1. The van der Waals surface area contributed by atoms with Gasteiger partial charge in [0.15, 0.2) is 11.9 Å². The van der Waals surface area contributed by atoms with Crippen LogP contribution in [0.25, 0.3) is 0 Å². The number of unbranched alkanes of at least 4 members (excludes halogenated alkanes) is 12. The zero-order valence-corrected chi connectivity index (χ0v) is 36.9. The molecular weight excluding hydrogens is 795 g/mol. The van der Waals surface area contributed by atoms with Gasteiger partial charge >= 0.3 is 19.8 Å². The number of hydrogen-bond donors (Lipinski definition) is 6. The van der Waals surface area contributed by atoms with E-state index in [0.29, 0.717) is 25.7 Å². The molecule has 0 aromatic carbocycles. The molecule has 0 radical (unpaired) electrons. The molecule has 0 heterocycles. The lowest BCUT2D eigenvalue weighted by atomic mass is 9.85. The van der Waals surface area contributed by atoms with Crippen LogP contribution in [0.2, 0.25) is 0 Å². The molecule has 3 unspecified atom stereocenters. The third-order valence-electron chi connectivity index (χ3n) is 9.81. The third-order valence-corrected chi connectivity index (χ3v) is 10.8. The topological polar surface area (TPSA) is 227 Å². The van der Waals surface area contributed by atoms with Crippen LogP contribution in [-0.4, -0.2) is 104 Å². The van der Waals surface area contributed by atoms with Crippen molar-refractivity contribution in [3.05, 3.63) is 60.8 Å². The van der Waals surface area contributed by atoms with Gasteiger partial charge in [0, 0.05) is 19.3 Å². The SMILES string of the molecule is CCCCC/C=C\C/C=C\C/C=C\CCCCC(=O)O[C@H](COC(=O)CCCCCCC/C=C\C=C\C(=O)CCCCC)COP(=O)(O)OC1[C@H](O)[C@H](O)C(O)[C@H](O)[C@H]1O. The summed E-state index contributed by atoms with van der Waals surface area (Å²) < 4.78 is 33.4. The zero-order chi connectivity index (χ0) is 44.4. The first kappa shape index (κ1) is 55.2. The van der Waals surface area contributed by atoms with Gasteiger partial charge in [0.25, 0.3) is 0 Å². The van der Waals surface area contributed by atoms with Gasteiger partial charge in [-0.2, -0.15) is 0 Å². The van der Waals surface area contributed by atoms with Crippen molar-refractivity contribution >= 4 is 25.5 Å². The van der Waals surface area contributed by atoms with Crippen molar-refractivity contribution in [3.63, 3.8) is 0 Å². The molecule has 0 bridgehead atoms. The molecule has 0 aromatic heterocycles. The molecule has 1 rings (SSSR count). The summed E-state index contributed by atoms with van der Waals surface area (Å²) in [5.41, 5.74) is 0. The number of esters is 2. The number of rotatable bonds is 35. The van der Waals surface area contributed by atoms with Gasteiger partial charge in [-0.25, -0.2) is 4.57 Å². The molecule has 1 fully saturated rings. The Morgan fingerprint density at radius 1 is 0.567 bits per heavy atom. The minimum absolute atomic E-state index is 0.0277. The highest BCUT2D eigenvalue weighted by Crippen LogP contribution is 2.47. The molecule has 0 saturated heterocycles. The molecule has 0 amide bonds. The van der Waals surface area contributed by atoms with Crippen molar-refractivity contribution in [1.82, 2.24) is 0 Å². The lowest BCUT2D eigenvalue weighted by Gasteiger charge is -2.41. The van der Waals surface area contributed by atoms with Gasteiger partial charge in [0.1, 0.15) is 43.2 Å². The summed E-state index contributed by atoms with van der Waals surface area (Å²) in [6.07, 6.45) is 24.0. The van der Waals surface area contributed by atoms with Crippen LogP contribution in [0.3, 0.4) is 0 Å². The zero-order valence-electron chi connectivity index (χ0n) is 36.0. The Morgan fingerprint density at radius 2 is 1.05 bits per heavy atom. The van der Waals surface area contributed by atoms with Crippen LogP contribution in [0.1, 0.15) is 149 Å². The van der Waals surface area contributed by atoms with Crippen LogP contribution in [0.5, 0.6) is 0 Å². The fourth-order valence-corrected chi connectivity index (χ4v) is 7.13. The Bertz CT molecular complexity index is 1340. The first-order chi connectivity index (χ1) is 28.8. The normalized spacial score (nSPS) is 22.7. The smallest absolute Gasteiger partial charge is 0.462 e. The highest BCUT2D eigenvalue weighted by atomic mass is 31.2. The number of ether oxygens (including phenoxy) is 2. The molecule has 1 aliphatic rings. The van der Waals surface area contributed by atoms with Gasteiger partial charge in [-0.15, -0.1) is 0 Å². The lowest BCUT2D eigenvalue weighted by molar-refractivity contribution is -0.220. The fourth-order valence-electron chi connectivity index (χ4n) is 6.16. The average Bonchev–Trinajstić information content (AvgIpc) is 3.22. The standard InChI is InChI=1S/C45H75O14P/c1-3-5-7-8-9-10-11-12-13-14-15-18-22-25-29-33-39(48)58-37(35-57-60(54,55)59-45-43(52)41(50)40(49)42(51)44(45)53)34-56-38(47)32-28-24-21-19-16-17-20-23-27-31-36(46)30-26-6-4-2/h9-10,12-13,15,18,20,23,27,31,37,40-45,49-53H,3-8,11,14,16-17,19,21-22,24-26,28-30,32-35H2,1-2H3,(H,54,55)/b10-9-,13-12-,18-15-,23-20-,31-27+/t37-,40?,41-,42+,43-,44-,45?/m1/s1. The number of allylic oxidation sites excluding steroid dienone is 10. The van der Waals surface area contributed by atoms with Crippen molar-refractivity contribution < 1.29 is 67.9 Å². The maximum atomic E-state index is 12.8. The average molecular weight is 871 g/mol. The molecule has 0 aliphatic heterocycles. The predicted molar refractivity (Wildman–Crippen MR) is 231 cm³/mol. The highest BCUT2D eigenvalue weighted by molar-refractivity contribution is 7.47. The summed E-state index contributed by atoms with van der Waals surface area (Å²) in [6, 6.07) is 0. The van der Waals surface area contributed by atoms with Crippen LogP contribution < -0.4 is 0 Å². The molecule has 1 saturated carbocycles. The largest absolute Gasteiger partial charge is 0.472 e. The maximum absolute atomic E-state index is 12.8. The molecule has 15 heteroatoms. The molecule has 8 atom stereocenters. The Kier molecular flexibility index (Phi) is 32.0. The predicted octanol–water partition coefficient (Wildman–Crippen LogP) is 7.34. The molecule has 344 valence electrons. The highest BCUT2D eigenvalue weighted by Gasteiger charge is 2.51. The van der Waals surface area contributed by atoms with Crippen LogP contribution in [0.4, 0.5) is 0 Å². The van der Waals surface area contributed by atoms with Crippen LogP contribution in [-0.2, 0) is 37.5 Å². The maximum Gasteiger partial charge on any atom is 0.472 e. The molecule has 14 nitrogen and oxygen atoms in total. The van der Waals surface area contributed by atoms with E-state index < -0.39 is 75.7 Å². The molecule has 0 spiro atoms. The molecule has 1 aliphatic carbocycles. The van der Waals surface area contributed by atoms with Crippen molar-refractivity contribution in [3.8, 4) is 0 Å². The van der Waals surface area contributed by atoms with E-state index in [1.54, 1.807) is 12.2 Å². The summed E-state index contributed by atoms with van der Waals surface area (Å²) >= 11 is 0. The van der Waals surface area contributed by atoms with Crippen molar-refractivity contribution in [2.45, 2.75) is 191 Å². The molecular formula is C45H75O14P. The van der Waals surface area contributed by atoms with E-state index in [-0.39, 0.29) is 18.6 Å². The number of carbonyl (C=O) groups excluding carboxylic acids is 3. The number of ketones is 1. The van der Waals surface area contributed by atoms with E-state index in [1.165, 1.54) is 19.3 Å². The Labute approximate surface area is 358 Å². The molecule has 0 aromatic rings. The third kappa shape index (κ3) is 27.2. The quantitative estimate of drug-likeness (QED) is 0.00915. The minimum Gasteiger partial charge on any atom is -0.462 e. The lowest BCUT2D eigenvalue weighted by Crippen LogP contribution is -2.64. The second-order valence-electron chi connectivity index (χ2n) is 15.2. The second kappa shape index (κ2) is 34.8. The van der Waals surface area contributed by atoms with E-state index in [2.05, 4.69) is 44.2 Å². The summed E-state index contributed by atoms with van der Waals surface area (Å²) in [5.74, 6) is -1.07. The number of carbonyl (C=O) groups is 3. The van der Waals surface area contributed by atoms with E-state index in [9.17, 15) is 49.4 Å². The summed E-state index contributed by atoms with van der Waals surface area (Å²) in [5, 5.41) is 50.1. The Hall–Kier alpha value is -2.78. The van der Waals surface area contributed by atoms with Crippen LogP contribution >= 0.6 is 7.82 Å². The van der Waals surface area contributed by atoms with Crippen LogP contribution in [0, 0.1) is 0 Å². The van der Waals surface area contributed by atoms with Crippen molar-refractivity contribution in [2.75, 3.05) is 13.2 Å². The van der Waals surface area contributed by atoms with Crippen LogP contribution in [0.15, 0.2) is 60.8 Å². The minimum atomic E-state index is -5.15. The monoisotopic (exact) mass is 870 g/mol. The summed E-state index contributed by atoms with van der Waals surface area (Å²) in [7, 11) is -5.15. The van der Waals surface area contributed by atoms with Gasteiger partial charge < -0.3 is 39.9 Å². The Balaban J connectivity index is 2.55.